The van der Waals surface area contributed by atoms with Gasteiger partial charge in [-0.2, -0.15) is 13.2 Å². The fourth-order valence-corrected chi connectivity index (χ4v) is 3.24. The first-order valence-electron chi connectivity index (χ1n) is 7.31. The number of hydrogen-bond acceptors (Lipinski definition) is 3. The second-order valence-electron chi connectivity index (χ2n) is 5.15. The van der Waals surface area contributed by atoms with Crippen LogP contribution in [0.4, 0.5) is 13.2 Å². The lowest BCUT2D eigenvalue weighted by atomic mass is 10.1. The summed E-state index contributed by atoms with van der Waals surface area (Å²) < 4.78 is 65.0. The minimum Gasteiger partial charge on any atom is -0.351 e. The lowest BCUT2D eigenvalue weighted by Crippen LogP contribution is -2.35. The highest BCUT2D eigenvalue weighted by Crippen LogP contribution is 2.31. The summed E-state index contributed by atoms with van der Waals surface area (Å²) in [5.74, 6) is -0.941. The van der Waals surface area contributed by atoms with E-state index in [1.54, 1.807) is 0 Å². The van der Waals surface area contributed by atoms with Crippen LogP contribution in [0.1, 0.15) is 15.9 Å². The molecule has 2 rings (SSSR count). The van der Waals surface area contributed by atoms with Gasteiger partial charge in [0.15, 0.2) is 0 Å². The molecule has 0 radical (unpaired) electrons. The molecule has 1 amide bonds. The third-order valence-electron chi connectivity index (χ3n) is 3.30. The number of alkyl halides is 3. The molecule has 0 aliphatic rings. The molecule has 0 bridgehead atoms. The summed E-state index contributed by atoms with van der Waals surface area (Å²) in [6, 6.07) is 9.78. The van der Waals surface area contributed by atoms with Gasteiger partial charge < -0.3 is 5.32 Å². The summed E-state index contributed by atoms with van der Waals surface area (Å²) in [7, 11) is -3.81. The first-order valence-corrected chi connectivity index (χ1v) is 9.17. The van der Waals surface area contributed by atoms with Gasteiger partial charge in [0.25, 0.3) is 5.91 Å². The van der Waals surface area contributed by atoms with Crippen molar-refractivity contribution in [3.05, 3.63) is 64.7 Å². The van der Waals surface area contributed by atoms with E-state index in [-0.39, 0.29) is 18.0 Å². The number of halogens is 4. The number of carbonyl (C=O) groups excluding carboxylic acids is 1. The SMILES string of the molecule is O=C(NCCNS(=O)(=O)c1ccc(Cl)cc1)c1ccccc1C(F)(F)F. The van der Waals surface area contributed by atoms with Gasteiger partial charge in [0.1, 0.15) is 0 Å². The van der Waals surface area contributed by atoms with E-state index in [9.17, 15) is 26.4 Å². The van der Waals surface area contributed by atoms with Crippen molar-refractivity contribution in [3.8, 4) is 0 Å². The molecule has 0 saturated heterocycles. The maximum absolute atomic E-state index is 12.9. The topological polar surface area (TPSA) is 75.3 Å². The van der Waals surface area contributed by atoms with Crippen molar-refractivity contribution < 1.29 is 26.4 Å². The van der Waals surface area contributed by atoms with Gasteiger partial charge >= 0.3 is 6.18 Å². The van der Waals surface area contributed by atoms with E-state index < -0.39 is 33.2 Å². The van der Waals surface area contributed by atoms with Crippen molar-refractivity contribution >= 4 is 27.5 Å². The Kier molecular flexibility index (Phi) is 6.27. The zero-order valence-electron chi connectivity index (χ0n) is 13.2. The van der Waals surface area contributed by atoms with Crippen LogP contribution < -0.4 is 10.0 Å². The second-order valence-corrected chi connectivity index (χ2v) is 7.35. The summed E-state index contributed by atoms with van der Waals surface area (Å²) in [6.07, 6.45) is -4.66. The number of nitrogens with one attached hydrogen (secondary N) is 2. The van der Waals surface area contributed by atoms with Crippen LogP contribution in [0.5, 0.6) is 0 Å². The zero-order valence-corrected chi connectivity index (χ0v) is 14.8. The molecule has 140 valence electrons. The van der Waals surface area contributed by atoms with Crippen LogP contribution in [0.3, 0.4) is 0 Å². The predicted octanol–water partition coefficient (Wildman–Crippen LogP) is 3.07. The van der Waals surface area contributed by atoms with Crippen molar-refractivity contribution in [1.29, 1.82) is 0 Å². The lowest BCUT2D eigenvalue weighted by Gasteiger charge is -2.13. The van der Waals surface area contributed by atoms with Crippen LogP contribution in [0.25, 0.3) is 0 Å². The molecular formula is C16H14ClF3N2O3S. The van der Waals surface area contributed by atoms with Crippen molar-refractivity contribution in [1.82, 2.24) is 10.0 Å². The molecular weight excluding hydrogens is 393 g/mol. The number of rotatable bonds is 6. The Hall–Kier alpha value is -2.10. The van der Waals surface area contributed by atoms with Crippen LogP contribution in [0.15, 0.2) is 53.4 Å². The predicted molar refractivity (Wildman–Crippen MR) is 90.4 cm³/mol. The Morgan fingerprint density at radius 3 is 2.23 bits per heavy atom. The fourth-order valence-electron chi connectivity index (χ4n) is 2.08. The average Bonchev–Trinajstić information content (AvgIpc) is 2.58. The van der Waals surface area contributed by atoms with Gasteiger partial charge in [-0.15, -0.1) is 0 Å². The largest absolute Gasteiger partial charge is 0.417 e. The maximum Gasteiger partial charge on any atom is 0.417 e. The minimum absolute atomic E-state index is 0.0179. The Labute approximate surface area is 153 Å². The number of benzene rings is 2. The van der Waals surface area contributed by atoms with Gasteiger partial charge in [-0.25, -0.2) is 13.1 Å². The summed E-state index contributed by atoms with van der Waals surface area (Å²) in [6.45, 7) is -0.372. The van der Waals surface area contributed by atoms with Crippen LogP contribution >= 0.6 is 11.6 Å². The van der Waals surface area contributed by atoms with Gasteiger partial charge in [0.05, 0.1) is 16.0 Å². The molecule has 0 unspecified atom stereocenters. The summed E-state index contributed by atoms with van der Waals surface area (Å²) in [4.78, 5) is 11.9. The average molecular weight is 407 g/mol. The van der Waals surface area contributed by atoms with E-state index in [1.165, 1.54) is 36.4 Å². The summed E-state index contributed by atoms with van der Waals surface area (Å²) >= 11 is 5.68. The Bertz CT molecular complexity index is 884. The Balaban J connectivity index is 1.94. The fraction of sp³-hybridized carbons (Fsp3) is 0.188. The first-order chi connectivity index (χ1) is 12.1. The lowest BCUT2D eigenvalue weighted by molar-refractivity contribution is -0.137. The molecule has 0 spiro atoms. The second kappa shape index (κ2) is 8.07. The molecule has 0 aliphatic heterocycles. The maximum atomic E-state index is 12.9. The van der Waals surface area contributed by atoms with Crippen molar-refractivity contribution in [2.24, 2.45) is 0 Å². The third-order valence-corrected chi connectivity index (χ3v) is 5.03. The number of carbonyl (C=O) groups is 1. The third kappa shape index (κ3) is 5.20. The highest BCUT2D eigenvalue weighted by atomic mass is 35.5. The first kappa shape index (κ1) is 20.2. The molecule has 2 aromatic rings. The van der Waals surface area contributed by atoms with Crippen LogP contribution in [0.2, 0.25) is 5.02 Å². The van der Waals surface area contributed by atoms with Crippen molar-refractivity contribution in [2.45, 2.75) is 11.1 Å². The van der Waals surface area contributed by atoms with Crippen LogP contribution in [-0.2, 0) is 16.2 Å². The highest BCUT2D eigenvalue weighted by Gasteiger charge is 2.34. The summed E-state index contributed by atoms with van der Waals surface area (Å²) in [5, 5.41) is 2.63. The highest BCUT2D eigenvalue weighted by molar-refractivity contribution is 7.89. The molecule has 10 heteroatoms. The quantitative estimate of drug-likeness (QED) is 0.724. The smallest absolute Gasteiger partial charge is 0.351 e. The molecule has 0 heterocycles. The standard InChI is InChI=1S/C16H14ClF3N2O3S/c17-11-5-7-12(8-6-11)26(24,25)22-10-9-21-15(23)13-3-1-2-4-14(13)16(18,19)20/h1-8,22H,9-10H2,(H,21,23). The van der Waals surface area contributed by atoms with Gasteiger partial charge in [-0.05, 0) is 36.4 Å². The summed E-state index contributed by atoms with van der Waals surface area (Å²) in [5.41, 5.74) is -1.58. The minimum atomic E-state index is -4.66. The molecule has 26 heavy (non-hydrogen) atoms. The monoisotopic (exact) mass is 406 g/mol. The molecule has 0 atom stereocenters. The Morgan fingerprint density at radius 2 is 1.62 bits per heavy atom. The molecule has 0 aliphatic carbocycles. The van der Waals surface area contributed by atoms with E-state index in [4.69, 9.17) is 11.6 Å². The van der Waals surface area contributed by atoms with Crippen molar-refractivity contribution in [3.63, 3.8) is 0 Å². The van der Waals surface area contributed by atoms with E-state index in [0.717, 1.165) is 12.1 Å². The molecule has 0 saturated carbocycles. The molecule has 2 N–H and O–H groups in total. The van der Waals surface area contributed by atoms with Crippen LogP contribution in [0, 0.1) is 0 Å². The molecule has 0 fully saturated rings. The van der Waals surface area contributed by atoms with E-state index in [0.29, 0.717) is 5.02 Å². The van der Waals surface area contributed by atoms with E-state index in [2.05, 4.69) is 10.0 Å². The van der Waals surface area contributed by atoms with Gasteiger partial charge in [0.2, 0.25) is 10.0 Å². The molecule has 5 nitrogen and oxygen atoms in total. The van der Waals surface area contributed by atoms with Gasteiger partial charge in [0, 0.05) is 18.1 Å². The number of hydrogen-bond donors (Lipinski definition) is 2. The Morgan fingerprint density at radius 1 is 1.00 bits per heavy atom. The number of sulfonamides is 1. The number of amides is 1. The van der Waals surface area contributed by atoms with Gasteiger partial charge in [-0.3, -0.25) is 4.79 Å². The molecule has 0 aromatic heterocycles. The van der Waals surface area contributed by atoms with E-state index in [1.807, 2.05) is 0 Å². The van der Waals surface area contributed by atoms with Crippen LogP contribution in [-0.4, -0.2) is 27.4 Å². The van der Waals surface area contributed by atoms with E-state index >= 15 is 0 Å². The van der Waals surface area contributed by atoms with Gasteiger partial charge in [-0.1, -0.05) is 23.7 Å². The van der Waals surface area contributed by atoms with Crippen molar-refractivity contribution in [2.75, 3.05) is 13.1 Å². The normalized spacial score (nSPS) is 12.0. The molecule has 2 aromatic carbocycles. The zero-order chi connectivity index (χ0) is 19.4.